The number of amides is 1. The highest BCUT2D eigenvalue weighted by Gasteiger charge is 2.53. The first-order chi connectivity index (χ1) is 11.1. The molecule has 3 nitrogen and oxygen atoms in total. The second-order valence-corrected chi connectivity index (χ2v) is 7.89. The monoisotopic (exact) mass is 313 g/mol. The SMILES string of the molecule is Cc1ccc(OCC(=O)N[C@@H]2C[C@H]3C[C@H]2[C@H]2CCC[C@@H]32)c(C)c1. The van der Waals surface area contributed by atoms with Gasteiger partial charge in [0.1, 0.15) is 5.75 Å². The van der Waals surface area contributed by atoms with Gasteiger partial charge in [0.2, 0.25) is 0 Å². The lowest BCUT2D eigenvalue weighted by atomic mass is 9.79. The Morgan fingerprint density at radius 1 is 1.17 bits per heavy atom. The highest BCUT2D eigenvalue weighted by atomic mass is 16.5. The molecule has 3 aliphatic rings. The summed E-state index contributed by atoms with van der Waals surface area (Å²) in [6.07, 6.45) is 6.76. The van der Waals surface area contributed by atoms with Gasteiger partial charge in [0, 0.05) is 6.04 Å². The van der Waals surface area contributed by atoms with Crippen molar-refractivity contribution in [3.8, 4) is 5.75 Å². The van der Waals surface area contributed by atoms with E-state index in [1.165, 1.54) is 37.7 Å². The lowest BCUT2D eigenvalue weighted by molar-refractivity contribution is -0.124. The van der Waals surface area contributed by atoms with Crippen LogP contribution in [0.2, 0.25) is 0 Å². The quantitative estimate of drug-likeness (QED) is 0.922. The number of fused-ring (bicyclic) bond motifs is 5. The van der Waals surface area contributed by atoms with Crippen molar-refractivity contribution >= 4 is 5.91 Å². The van der Waals surface area contributed by atoms with Crippen LogP contribution < -0.4 is 10.1 Å². The van der Waals surface area contributed by atoms with Crippen LogP contribution in [0.5, 0.6) is 5.75 Å². The molecule has 1 amide bonds. The zero-order chi connectivity index (χ0) is 16.0. The van der Waals surface area contributed by atoms with Crippen molar-refractivity contribution in [2.24, 2.45) is 23.7 Å². The molecule has 0 unspecified atom stereocenters. The molecule has 124 valence electrons. The molecule has 1 aromatic carbocycles. The molecular weight excluding hydrogens is 286 g/mol. The molecule has 0 aromatic heterocycles. The van der Waals surface area contributed by atoms with E-state index in [0.29, 0.717) is 6.04 Å². The molecule has 1 aromatic rings. The summed E-state index contributed by atoms with van der Waals surface area (Å²) in [6, 6.07) is 6.47. The molecule has 2 bridgehead atoms. The maximum atomic E-state index is 12.3. The minimum absolute atomic E-state index is 0.0390. The van der Waals surface area contributed by atoms with Crippen LogP contribution in [0.15, 0.2) is 18.2 Å². The minimum atomic E-state index is 0.0390. The van der Waals surface area contributed by atoms with Gasteiger partial charge in [0.15, 0.2) is 6.61 Å². The first kappa shape index (κ1) is 15.0. The van der Waals surface area contributed by atoms with Crippen molar-refractivity contribution < 1.29 is 9.53 Å². The van der Waals surface area contributed by atoms with Crippen molar-refractivity contribution in [3.05, 3.63) is 29.3 Å². The Balaban J connectivity index is 1.31. The Kier molecular flexibility index (Phi) is 3.82. The van der Waals surface area contributed by atoms with Gasteiger partial charge in [-0.15, -0.1) is 0 Å². The van der Waals surface area contributed by atoms with Gasteiger partial charge in [-0.1, -0.05) is 24.1 Å². The van der Waals surface area contributed by atoms with E-state index >= 15 is 0 Å². The standard InChI is InChI=1S/C20H27NO2/c1-12-6-7-19(13(2)8-12)23-11-20(22)21-18-10-14-9-17(18)16-5-3-4-15(14)16/h6-8,14-18H,3-5,9-11H2,1-2H3,(H,21,22)/t14-,15+,16+,17+,18-/m1/s1. The Hall–Kier alpha value is -1.51. The highest BCUT2D eigenvalue weighted by Crippen LogP contribution is 2.58. The Labute approximate surface area is 138 Å². The molecule has 3 saturated carbocycles. The average molecular weight is 313 g/mol. The van der Waals surface area contributed by atoms with Crippen LogP contribution in [-0.4, -0.2) is 18.6 Å². The summed E-state index contributed by atoms with van der Waals surface area (Å²) in [4.78, 5) is 12.3. The first-order valence-corrected chi connectivity index (χ1v) is 9.11. The zero-order valence-corrected chi connectivity index (χ0v) is 14.2. The minimum Gasteiger partial charge on any atom is -0.484 e. The van der Waals surface area contributed by atoms with Gasteiger partial charge in [0.05, 0.1) is 0 Å². The topological polar surface area (TPSA) is 38.3 Å². The number of ether oxygens (including phenoxy) is 1. The smallest absolute Gasteiger partial charge is 0.258 e. The molecule has 5 atom stereocenters. The summed E-state index contributed by atoms with van der Waals surface area (Å²) in [6.45, 7) is 4.22. The van der Waals surface area contributed by atoms with E-state index in [4.69, 9.17) is 4.74 Å². The maximum Gasteiger partial charge on any atom is 0.258 e. The Morgan fingerprint density at radius 2 is 2.00 bits per heavy atom. The second kappa shape index (κ2) is 5.85. The predicted octanol–water partition coefficient (Wildman–Crippen LogP) is 3.62. The number of nitrogens with one attached hydrogen (secondary N) is 1. The molecule has 0 saturated heterocycles. The van der Waals surface area contributed by atoms with Crippen molar-refractivity contribution in [1.82, 2.24) is 5.32 Å². The molecular formula is C20H27NO2. The van der Waals surface area contributed by atoms with Gasteiger partial charge in [-0.05, 0) is 74.8 Å². The van der Waals surface area contributed by atoms with Crippen molar-refractivity contribution in [3.63, 3.8) is 0 Å². The largest absolute Gasteiger partial charge is 0.484 e. The van der Waals surface area contributed by atoms with Crippen LogP contribution in [0, 0.1) is 37.5 Å². The van der Waals surface area contributed by atoms with E-state index in [-0.39, 0.29) is 12.5 Å². The van der Waals surface area contributed by atoms with Gasteiger partial charge in [-0.3, -0.25) is 4.79 Å². The molecule has 1 N–H and O–H groups in total. The predicted molar refractivity (Wildman–Crippen MR) is 90.4 cm³/mol. The summed E-state index contributed by atoms with van der Waals surface area (Å²) in [5, 5.41) is 3.26. The molecule has 3 aliphatic carbocycles. The van der Waals surface area contributed by atoms with E-state index < -0.39 is 0 Å². The highest BCUT2D eigenvalue weighted by molar-refractivity contribution is 5.78. The number of hydrogen-bond donors (Lipinski definition) is 1. The van der Waals surface area contributed by atoms with Gasteiger partial charge in [0.25, 0.3) is 5.91 Å². The average Bonchev–Trinajstić information content (AvgIpc) is 3.18. The summed E-state index contributed by atoms with van der Waals surface area (Å²) in [5.74, 6) is 4.32. The van der Waals surface area contributed by atoms with Gasteiger partial charge < -0.3 is 10.1 Å². The number of hydrogen-bond acceptors (Lipinski definition) is 2. The maximum absolute atomic E-state index is 12.3. The van der Waals surface area contributed by atoms with E-state index in [9.17, 15) is 4.79 Å². The van der Waals surface area contributed by atoms with E-state index in [1.807, 2.05) is 19.1 Å². The van der Waals surface area contributed by atoms with Crippen molar-refractivity contribution in [1.29, 1.82) is 0 Å². The fourth-order valence-electron chi connectivity index (χ4n) is 5.59. The van der Waals surface area contributed by atoms with Crippen molar-refractivity contribution in [2.45, 2.75) is 52.0 Å². The summed E-state index contributed by atoms with van der Waals surface area (Å²) < 4.78 is 5.72. The molecule has 4 rings (SSSR count). The summed E-state index contributed by atoms with van der Waals surface area (Å²) in [7, 11) is 0. The third-order valence-electron chi connectivity index (χ3n) is 6.46. The lowest BCUT2D eigenvalue weighted by Gasteiger charge is -2.32. The third-order valence-corrected chi connectivity index (χ3v) is 6.46. The van der Waals surface area contributed by atoms with Crippen LogP contribution >= 0.6 is 0 Å². The number of benzene rings is 1. The van der Waals surface area contributed by atoms with Gasteiger partial charge in [-0.25, -0.2) is 0 Å². The summed E-state index contributed by atoms with van der Waals surface area (Å²) >= 11 is 0. The fourth-order valence-corrected chi connectivity index (χ4v) is 5.59. The normalized spacial score (nSPS) is 34.4. The Morgan fingerprint density at radius 3 is 2.83 bits per heavy atom. The van der Waals surface area contributed by atoms with E-state index in [2.05, 4.69) is 18.3 Å². The van der Waals surface area contributed by atoms with Crippen LogP contribution in [0.4, 0.5) is 0 Å². The number of rotatable bonds is 4. The summed E-state index contributed by atoms with van der Waals surface area (Å²) in [5.41, 5.74) is 2.30. The van der Waals surface area contributed by atoms with Crippen LogP contribution in [-0.2, 0) is 4.79 Å². The zero-order valence-electron chi connectivity index (χ0n) is 14.2. The first-order valence-electron chi connectivity index (χ1n) is 9.11. The van der Waals surface area contributed by atoms with E-state index in [1.54, 1.807) is 0 Å². The number of carbonyl (C=O) groups is 1. The molecule has 3 fully saturated rings. The van der Waals surface area contributed by atoms with E-state index in [0.717, 1.165) is 35.0 Å². The van der Waals surface area contributed by atoms with Gasteiger partial charge in [-0.2, -0.15) is 0 Å². The van der Waals surface area contributed by atoms with Crippen LogP contribution in [0.1, 0.15) is 43.2 Å². The molecule has 3 heteroatoms. The number of aryl methyl sites for hydroxylation is 2. The van der Waals surface area contributed by atoms with Gasteiger partial charge >= 0.3 is 0 Å². The fraction of sp³-hybridized carbons (Fsp3) is 0.650. The Bertz CT molecular complexity index is 612. The molecule has 0 spiro atoms. The second-order valence-electron chi connectivity index (χ2n) is 7.89. The molecule has 0 aliphatic heterocycles. The molecule has 0 radical (unpaired) electrons. The van der Waals surface area contributed by atoms with Crippen LogP contribution in [0.25, 0.3) is 0 Å². The third kappa shape index (κ3) is 2.75. The molecule has 0 heterocycles. The number of carbonyl (C=O) groups excluding carboxylic acids is 1. The lowest BCUT2D eigenvalue weighted by Crippen LogP contribution is -2.44. The molecule has 23 heavy (non-hydrogen) atoms. The van der Waals surface area contributed by atoms with Crippen molar-refractivity contribution in [2.75, 3.05) is 6.61 Å². The van der Waals surface area contributed by atoms with Crippen LogP contribution in [0.3, 0.4) is 0 Å².